The summed E-state index contributed by atoms with van der Waals surface area (Å²) in [7, 11) is 0. The zero-order chi connectivity index (χ0) is 19.3. The third kappa shape index (κ3) is 4.18. The van der Waals surface area contributed by atoms with Gasteiger partial charge >= 0.3 is 0 Å². The number of benzene rings is 3. The van der Waals surface area contributed by atoms with E-state index in [0.29, 0.717) is 23.8 Å². The molecule has 1 heterocycles. The Morgan fingerprint density at radius 1 is 0.857 bits per heavy atom. The van der Waals surface area contributed by atoms with E-state index in [9.17, 15) is 4.79 Å². The summed E-state index contributed by atoms with van der Waals surface area (Å²) in [6, 6.07) is 25.3. The van der Waals surface area contributed by atoms with Crippen LogP contribution in [0, 0.1) is 0 Å². The summed E-state index contributed by atoms with van der Waals surface area (Å²) in [5, 5.41) is 2.11. The average molecular weight is 369 g/mol. The second kappa shape index (κ2) is 7.92. The summed E-state index contributed by atoms with van der Waals surface area (Å²) < 4.78 is 11.7. The molecule has 0 spiro atoms. The topological polar surface area (TPSA) is 48.4 Å². The van der Waals surface area contributed by atoms with Crippen molar-refractivity contribution in [2.45, 2.75) is 13.5 Å². The number of ether oxygens (including phenoxy) is 2. The van der Waals surface area contributed by atoms with Crippen LogP contribution in [0.15, 0.2) is 85.1 Å². The second-order valence-corrected chi connectivity index (χ2v) is 6.49. The van der Waals surface area contributed by atoms with Crippen molar-refractivity contribution in [3.05, 3.63) is 96.2 Å². The molecule has 0 N–H and O–H groups in total. The molecule has 0 fully saturated rings. The normalized spacial score (nSPS) is 10.6. The van der Waals surface area contributed by atoms with Gasteiger partial charge in [-0.05, 0) is 53.6 Å². The number of Topliss-reactive ketones (excluding diaryl/α,β-unsaturated/α-hetero) is 1. The first-order valence-electron chi connectivity index (χ1n) is 9.03. The molecule has 1 aromatic heterocycles. The van der Waals surface area contributed by atoms with E-state index >= 15 is 0 Å². The molecule has 0 radical (unpaired) electrons. The van der Waals surface area contributed by atoms with Gasteiger partial charge < -0.3 is 9.47 Å². The van der Waals surface area contributed by atoms with Gasteiger partial charge in [-0.15, -0.1) is 0 Å². The van der Waals surface area contributed by atoms with Gasteiger partial charge in [0.15, 0.2) is 5.78 Å². The van der Waals surface area contributed by atoms with Crippen LogP contribution in [0.25, 0.3) is 10.8 Å². The van der Waals surface area contributed by atoms with Crippen molar-refractivity contribution in [2.75, 3.05) is 0 Å². The van der Waals surface area contributed by atoms with Crippen LogP contribution in [0.3, 0.4) is 0 Å². The molecule has 0 atom stereocenters. The molecular weight excluding hydrogens is 350 g/mol. The first-order chi connectivity index (χ1) is 13.7. The molecule has 4 nitrogen and oxygen atoms in total. The number of hydrogen-bond donors (Lipinski definition) is 0. The molecule has 0 aliphatic carbocycles. The molecule has 4 rings (SSSR count). The number of nitrogens with zero attached hydrogens (tertiary/aromatic N) is 1. The van der Waals surface area contributed by atoms with Crippen molar-refractivity contribution in [1.29, 1.82) is 0 Å². The fourth-order valence-corrected chi connectivity index (χ4v) is 2.87. The summed E-state index contributed by atoms with van der Waals surface area (Å²) in [6.45, 7) is 2.05. The van der Waals surface area contributed by atoms with Gasteiger partial charge in [0.05, 0.1) is 0 Å². The lowest BCUT2D eigenvalue weighted by molar-refractivity contribution is 0.101. The first-order valence-corrected chi connectivity index (χ1v) is 9.03. The molecular formula is C24H19NO3. The van der Waals surface area contributed by atoms with Gasteiger partial charge in [0.25, 0.3) is 0 Å². The van der Waals surface area contributed by atoms with Crippen LogP contribution >= 0.6 is 0 Å². The zero-order valence-corrected chi connectivity index (χ0v) is 15.5. The highest BCUT2D eigenvalue weighted by Crippen LogP contribution is 2.27. The third-order valence-corrected chi connectivity index (χ3v) is 4.40. The Kier molecular flexibility index (Phi) is 5.02. The van der Waals surface area contributed by atoms with Crippen LogP contribution in [-0.2, 0) is 6.61 Å². The Morgan fingerprint density at radius 3 is 2.25 bits per heavy atom. The van der Waals surface area contributed by atoms with Gasteiger partial charge in [-0.25, -0.2) is 4.98 Å². The quantitative estimate of drug-likeness (QED) is 0.403. The van der Waals surface area contributed by atoms with Crippen LogP contribution in [-0.4, -0.2) is 10.8 Å². The minimum Gasteiger partial charge on any atom is -0.489 e. The molecule has 4 aromatic rings. The van der Waals surface area contributed by atoms with E-state index in [2.05, 4.69) is 4.98 Å². The molecule has 0 bridgehead atoms. The highest BCUT2D eigenvalue weighted by molar-refractivity contribution is 5.93. The number of fused-ring (bicyclic) bond motifs is 1. The van der Waals surface area contributed by atoms with Crippen molar-refractivity contribution in [1.82, 2.24) is 4.98 Å². The van der Waals surface area contributed by atoms with Crippen LogP contribution < -0.4 is 9.47 Å². The lowest BCUT2D eigenvalue weighted by Gasteiger charge is -2.09. The molecule has 0 aliphatic heterocycles. The fourth-order valence-electron chi connectivity index (χ4n) is 2.87. The maximum Gasteiger partial charge on any atom is 0.219 e. The molecule has 4 heteroatoms. The molecule has 0 aliphatic rings. The van der Waals surface area contributed by atoms with Gasteiger partial charge in [0.1, 0.15) is 18.1 Å². The maximum atomic E-state index is 11.3. The van der Waals surface area contributed by atoms with Crippen molar-refractivity contribution in [2.24, 2.45) is 0 Å². The van der Waals surface area contributed by atoms with Gasteiger partial charge in [-0.2, -0.15) is 0 Å². The minimum absolute atomic E-state index is 0.0185. The van der Waals surface area contributed by atoms with E-state index in [1.165, 1.54) is 13.1 Å². The molecule has 138 valence electrons. The number of aromatic nitrogens is 1. The summed E-state index contributed by atoms with van der Waals surface area (Å²) in [5.74, 6) is 1.95. The lowest BCUT2D eigenvalue weighted by atomic mass is 10.1. The number of ketones is 1. The number of hydrogen-bond acceptors (Lipinski definition) is 4. The fraction of sp³-hybridized carbons (Fsp3) is 0.0833. The standard InChI is InChI=1S/C24H19NO3/c1-17(26)21-9-12-24(25-15-21)28-23-11-8-19-13-22(10-7-20(19)14-23)27-16-18-5-3-2-4-6-18/h2-15H,16H2,1H3. The lowest BCUT2D eigenvalue weighted by Crippen LogP contribution is -1.95. The highest BCUT2D eigenvalue weighted by atomic mass is 16.5. The van der Waals surface area contributed by atoms with Crippen molar-refractivity contribution in [3.63, 3.8) is 0 Å². The molecule has 3 aromatic carbocycles. The van der Waals surface area contributed by atoms with E-state index in [-0.39, 0.29) is 5.78 Å². The number of carbonyl (C=O) groups excluding carboxylic acids is 1. The maximum absolute atomic E-state index is 11.3. The van der Waals surface area contributed by atoms with Crippen molar-refractivity contribution in [3.8, 4) is 17.4 Å². The predicted octanol–water partition coefficient (Wildman–Crippen LogP) is 5.81. The monoisotopic (exact) mass is 369 g/mol. The van der Waals surface area contributed by atoms with Crippen molar-refractivity contribution >= 4 is 16.6 Å². The van der Waals surface area contributed by atoms with Gasteiger partial charge in [-0.3, -0.25) is 4.79 Å². The van der Waals surface area contributed by atoms with E-state index in [4.69, 9.17) is 9.47 Å². The second-order valence-electron chi connectivity index (χ2n) is 6.49. The minimum atomic E-state index is -0.0185. The van der Waals surface area contributed by atoms with E-state index in [1.54, 1.807) is 12.1 Å². The van der Waals surface area contributed by atoms with E-state index < -0.39 is 0 Å². The average Bonchev–Trinajstić information content (AvgIpc) is 2.73. The predicted molar refractivity (Wildman–Crippen MR) is 109 cm³/mol. The molecule has 0 unspecified atom stereocenters. The molecule has 0 saturated heterocycles. The highest BCUT2D eigenvalue weighted by Gasteiger charge is 2.05. The summed E-state index contributed by atoms with van der Waals surface area (Å²) in [5.41, 5.74) is 1.70. The smallest absolute Gasteiger partial charge is 0.219 e. The van der Waals surface area contributed by atoms with Crippen LogP contribution in [0.4, 0.5) is 0 Å². The Balaban J connectivity index is 1.47. The number of rotatable bonds is 6. The van der Waals surface area contributed by atoms with Gasteiger partial charge in [-0.1, -0.05) is 42.5 Å². The van der Waals surface area contributed by atoms with E-state index in [1.807, 2.05) is 66.7 Å². The Labute approximate surface area is 163 Å². The Bertz CT molecular complexity index is 1110. The van der Waals surface area contributed by atoms with Gasteiger partial charge in [0, 0.05) is 17.8 Å². The molecule has 28 heavy (non-hydrogen) atoms. The van der Waals surface area contributed by atoms with Gasteiger partial charge in [0.2, 0.25) is 5.88 Å². The number of carbonyl (C=O) groups is 1. The summed E-state index contributed by atoms with van der Waals surface area (Å²) >= 11 is 0. The van der Waals surface area contributed by atoms with Crippen LogP contribution in [0.2, 0.25) is 0 Å². The zero-order valence-electron chi connectivity index (χ0n) is 15.5. The van der Waals surface area contributed by atoms with Crippen molar-refractivity contribution < 1.29 is 14.3 Å². The molecule has 0 saturated carbocycles. The SMILES string of the molecule is CC(=O)c1ccc(Oc2ccc3cc(OCc4ccccc4)ccc3c2)nc1. The third-order valence-electron chi connectivity index (χ3n) is 4.40. The summed E-state index contributed by atoms with van der Waals surface area (Å²) in [6.07, 6.45) is 1.52. The first kappa shape index (κ1) is 17.7. The number of pyridine rings is 1. The molecule has 0 amide bonds. The Morgan fingerprint density at radius 2 is 1.57 bits per heavy atom. The largest absolute Gasteiger partial charge is 0.489 e. The van der Waals surface area contributed by atoms with Crippen LogP contribution in [0.5, 0.6) is 17.4 Å². The summed E-state index contributed by atoms with van der Waals surface area (Å²) in [4.78, 5) is 15.5. The van der Waals surface area contributed by atoms with E-state index in [0.717, 1.165) is 22.1 Å². The van der Waals surface area contributed by atoms with Crippen LogP contribution in [0.1, 0.15) is 22.8 Å². The Hall–Kier alpha value is -3.66.